The molecule has 0 aliphatic heterocycles. The van der Waals surface area contributed by atoms with E-state index in [0.717, 1.165) is 26.8 Å². The molecule has 0 saturated carbocycles. The van der Waals surface area contributed by atoms with Crippen molar-refractivity contribution in [1.29, 1.82) is 0 Å². The molecule has 27 heavy (non-hydrogen) atoms. The summed E-state index contributed by atoms with van der Waals surface area (Å²) in [5.41, 5.74) is 2.34. The van der Waals surface area contributed by atoms with E-state index in [0.29, 0.717) is 13.1 Å². The third kappa shape index (κ3) is 3.78. The molecule has 6 nitrogen and oxygen atoms in total. The number of halogens is 1. The van der Waals surface area contributed by atoms with E-state index in [1.165, 1.54) is 4.57 Å². The molecular formula is C20H22BrN3O3. The van der Waals surface area contributed by atoms with Gasteiger partial charge in [-0.1, -0.05) is 28.1 Å². The molecule has 0 atom stereocenters. The zero-order valence-corrected chi connectivity index (χ0v) is 17.2. The van der Waals surface area contributed by atoms with Crippen LogP contribution in [0.15, 0.2) is 51.7 Å². The Morgan fingerprint density at radius 3 is 2.44 bits per heavy atom. The van der Waals surface area contributed by atoms with Gasteiger partial charge in [-0.2, -0.15) is 0 Å². The van der Waals surface area contributed by atoms with Gasteiger partial charge >= 0.3 is 5.69 Å². The summed E-state index contributed by atoms with van der Waals surface area (Å²) in [5.74, 6) is 0.579. The molecule has 0 bridgehead atoms. The first-order valence-corrected chi connectivity index (χ1v) is 9.50. The molecule has 142 valence electrons. The lowest BCUT2D eigenvalue weighted by Gasteiger charge is -2.19. The Morgan fingerprint density at radius 1 is 1.15 bits per heavy atom. The average Bonchev–Trinajstić information content (AvgIpc) is 2.93. The fraction of sp³-hybridized carbons (Fsp3) is 0.300. The van der Waals surface area contributed by atoms with Crippen molar-refractivity contribution in [2.24, 2.45) is 0 Å². The largest absolute Gasteiger partial charge is 0.496 e. The number of para-hydroxylation sites is 2. The lowest BCUT2D eigenvalue weighted by atomic mass is 10.2. The van der Waals surface area contributed by atoms with Crippen LogP contribution in [0.3, 0.4) is 0 Å². The molecule has 0 unspecified atom stereocenters. The lowest BCUT2D eigenvalue weighted by Crippen LogP contribution is -2.34. The summed E-state index contributed by atoms with van der Waals surface area (Å²) in [6.45, 7) is 2.87. The highest BCUT2D eigenvalue weighted by Crippen LogP contribution is 2.24. The van der Waals surface area contributed by atoms with Crippen LogP contribution in [0.5, 0.6) is 5.75 Å². The van der Waals surface area contributed by atoms with Gasteiger partial charge in [0.05, 0.1) is 18.1 Å². The first-order valence-electron chi connectivity index (χ1n) is 8.70. The number of nitrogens with zero attached hydrogens (tertiary/aromatic N) is 3. The van der Waals surface area contributed by atoms with E-state index >= 15 is 0 Å². The Balaban J connectivity index is 1.86. The Morgan fingerprint density at radius 2 is 1.81 bits per heavy atom. The number of imidazole rings is 1. The maximum Gasteiger partial charge on any atom is 0.329 e. The smallest absolute Gasteiger partial charge is 0.329 e. The Hall–Kier alpha value is -2.54. The second-order valence-corrected chi connectivity index (χ2v) is 7.22. The second-order valence-electron chi connectivity index (χ2n) is 6.31. The number of ether oxygens (including phenoxy) is 1. The Kier molecular flexibility index (Phi) is 5.70. The van der Waals surface area contributed by atoms with E-state index in [2.05, 4.69) is 15.9 Å². The molecule has 3 aromatic rings. The number of carbonyl (C=O) groups is 1. The average molecular weight is 432 g/mol. The number of amides is 1. The molecule has 7 heteroatoms. The molecule has 0 fully saturated rings. The van der Waals surface area contributed by atoms with Crippen molar-refractivity contribution in [2.75, 3.05) is 14.2 Å². The van der Waals surface area contributed by atoms with Gasteiger partial charge in [-0.3, -0.25) is 13.9 Å². The van der Waals surface area contributed by atoms with E-state index in [4.69, 9.17) is 4.74 Å². The van der Waals surface area contributed by atoms with E-state index < -0.39 is 0 Å². The zero-order valence-electron chi connectivity index (χ0n) is 15.6. The van der Waals surface area contributed by atoms with Gasteiger partial charge in [-0.05, 0) is 37.3 Å². The zero-order chi connectivity index (χ0) is 19.6. The van der Waals surface area contributed by atoms with Gasteiger partial charge in [0, 0.05) is 30.2 Å². The van der Waals surface area contributed by atoms with Crippen molar-refractivity contribution in [3.63, 3.8) is 0 Å². The fourth-order valence-electron chi connectivity index (χ4n) is 3.20. The topological polar surface area (TPSA) is 56.5 Å². The molecule has 0 radical (unpaired) electrons. The van der Waals surface area contributed by atoms with Gasteiger partial charge in [-0.15, -0.1) is 0 Å². The highest BCUT2D eigenvalue weighted by atomic mass is 79.9. The highest BCUT2D eigenvalue weighted by Gasteiger charge is 2.18. The number of benzene rings is 2. The van der Waals surface area contributed by atoms with Crippen LogP contribution < -0.4 is 10.4 Å². The number of aryl methyl sites for hydroxylation is 1. The molecule has 0 saturated heterocycles. The summed E-state index contributed by atoms with van der Waals surface area (Å²) in [7, 11) is 3.33. The summed E-state index contributed by atoms with van der Waals surface area (Å²) in [6, 6.07) is 13.2. The van der Waals surface area contributed by atoms with Crippen LogP contribution in [0.4, 0.5) is 0 Å². The minimum atomic E-state index is -0.166. The number of hydrogen-bond acceptors (Lipinski definition) is 3. The van der Waals surface area contributed by atoms with Gasteiger partial charge < -0.3 is 9.64 Å². The van der Waals surface area contributed by atoms with Crippen LogP contribution in [0.1, 0.15) is 12.5 Å². The highest BCUT2D eigenvalue weighted by molar-refractivity contribution is 9.10. The SMILES string of the molecule is CCn1c(=O)n(CC(=O)N(C)Cc2cc(Br)ccc2OC)c2ccccc21. The van der Waals surface area contributed by atoms with Gasteiger partial charge in [0.2, 0.25) is 5.91 Å². The van der Waals surface area contributed by atoms with Gasteiger partial charge in [0.15, 0.2) is 0 Å². The summed E-state index contributed by atoms with van der Waals surface area (Å²) in [6.07, 6.45) is 0. The second kappa shape index (κ2) is 8.00. The van der Waals surface area contributed by atoms with Crippen LogP contribution >= 0.6 is 15.9 Å². The lowest BCUT2D eigenvalue weighted by molar-refractivity contribution is -0.131. The normalized spacial score (nSPS) is 11.0. The quantitative estimate of drug-likeness (QED) is 0.601. The number of carbonyl (C=O) groups excluding carboxylic acids is 1. The van der Waals surface area contributed by atoms with Crippen molar-refractivity contribution in [2.45, 2.75) is 26.6 Å². The molecule has 0 N–H and O–H groups in total. The van der Waals surface area contributed by atoms with Crippen LogP contribution in [0, 0.1) is 0 Å². The molecule has 1 amide bonds. The van der Waals surface area contributed by atoms with Crippen LogP contribution in [-0.2, 0) is 24.4 Å². The first-order chi connectivity index (χ1) is 13.0. The van der Waals surface area contributed by atoms with Gasteiger partial charge in [0.25, 0.3) is 0 Å². The van der Waals surface area contributed by atoms with Gasteiger partial charge in [-0.25, -0.2) is 4.79 Å². The van der Waals surface area contributed by atoms with E-state index in [-0.39, 0.29) is 18.1 Å². The molecule has 1 aromatic heterocycles. The fourth-order valence-corrected chi connectivity index (χ4v) is 3.61. The number of methoxy groups -OCH3 is 1. The van der Waals surface area contributed by atoms with Crippen molar-refractivity contribution < 1.29 is 9.53 Å². The van der Waals surface area contributed by atoms with Crippen LogP contribution in [-0.4, -0.2) is 34.1 Å². The van der Waals surface area contributed by atoms with E-state index in [9.17, 15) is 9.59 Å². The molecule has 1 heterocycles. The molecule has 2 aromatic carbocycles. The predicted octanol–water partition coefficient (Wildman–Crippen LogP) is 3.25. The number of hydrogen-bond donors (Lipinski definition) is 0. The van der Waals surface area contributed by atoms with Crippen molar-refractivity contribution in [3.05, 3.63) is 63.0 Å². The first kappa shape index (κ1) is 19.2. The van der Waals surface area contributed by atoms with E-state index in [1.807, 2.05) is 49.4 Å². The third-order valence-electron chi connectivity index (χ3n) is 4.61. The summed E-state index contributed by atoms with van der Waals surface area (Å²) in [4.78, 5) is 27.1. The summed E-state index contributed by atoms with van der Waals surface area (Å²) in [5, 5.41) is 0. The third-order valence-corrected chi connectivity index (χ3v) is 5.10. The standard InChI is InChI=1S/C20H22BrN3O3/c1-4-23-16-7-5-6-8-17(16)24(20(23)26)13-19(25)22(2)12-14-11-15(21)9-10-18(14)27-3/h5-11H,4,12-13H2,1-3H3. The Bertz CT molecular complexity index is 1040. The van der Waals surface area contributed by atoms with Gasteiger partial charge in [0.1, 0.15) is 12.3 Å². The Labute approximate surface area is 166 Å². The maximum absolute atomic E-state index is 12.8. The molecular weight excluding hydrogens is 410 g/mol. The molecule has 0 aliphatic rings. The number of rotatable bonds is 6. The maximum atomic E-state index is 12.8. The molecule has 3 rings (SSSR count). The van der Waals surface area contributed by atoms with Crippen molar-refractivity contribution in [3.8, 4) is 5.75 Å². The predicted molar refractivity (Wildman–Crippen MR) is 109 cm³/mol. The number of likely N-dealkylation sites (N-methyl/N-ethyl adjacent to an activating group) is 1. The van der Waals surface area contributed by atoms with Crippen LogP contribution in [0.2, 0.25) is 0 Å². The number of aromatic nitrogens is 2. The minimum Gasteiger partial charge on any atom is -0.496 e. The number of fused-ring (bicyclic) bond motifs is 1. The van der Waals surface area contributed by atoms with Crippen molar-refractivity contribution >= 4 is 32.9 Å². The van der Waals surface area contributed by atoms with Crippen LogP contribution in [0.25, 0.3) is 11.0 Å². The van der Waals surface area contributed by atoms with Crippen molar-refractivity contribution in [1.82, 2.24) is 14.0 Å². The molecule has 0 aliphatic carbocycles. The summed E-state index contributed by atoms with van der Waals surface area (Å²) < 4.78 is 9.51. The monoisotopic (exact) mass is 431 g/mol. The molecule has 0 spiro atoms. The summed E-state index contributed by atoms with van der Waals surface area (Å²) >= 11 is 3.45. The van der Waals surface area contributed by atoms with E-state index in [1.54, 1.807) is 23.6 Å². The minimum absolute atomic E-state index is 0.000828.